The molecule has 0 bridgehead atoms. The lowest BCUT2D eigenvalue weighted by molar-refractivity contribution is -0.125. The number of nitrogens with zero attached hydrogens (tertiary/aromatic N) is 1. The topological polar surface area (TPSA) is 113 Å². The number of anilines is 1. The van der Waals surface area contributed by atoms with E-state index in [2.05, 4.69) is 20.8 Å². The standard InChI is InChI=1S/C9H13N5O2/c10-8-5(4-12-14-8)3-11-9(16)6-1-2-7(15)13-6/h4,6H,1-3H2,(H,11,16)(H,13,15)(H3,10,12,14). The molecule has 1 aromatic heterocycles. The Morgan fingerprint density at radius 3 is 3.06 bits per heavy atom. The number of aromatic amines is 1. The summed E-state index contributed by atoms with van der Waals surface area (Å²) in [5.74, 6) is 0.171. The predicted octanol–water partition coefficient (Wildman–Crippen LogP) is -1.11. The van der Waals surface area contributed by atoms with Gasteiger partial charge in [-0.3, -0.25) is 14.7 Å². The van der Waals surface area contributed by atoms with Crippen molar-refractivity contribution in [3.8, 4) is 0 Å². The fraction of sp³-hybridized carbons (Fsp3) is 0.444. The number of nitrogen functional groups attached to an aromatic ring is 1. The number of rotatable bonds is 3. The smallest absolute Gasteiger partial charge is 0.242 e. The average Bonchev–Trinajstić information content (AvgIpc) is 2.84. The molecule has 2 rings (SSSR count). The van der Waals surface area contributed by atoms with Gasteiger partial charge in [0.15, 0.2) is 0 Å². The number of carbonyl (C=O) groups is 2. The van der Waals surface area contributed by atoms with Crippen LogP contribution in [0.4, 0.5) is 5.82 Å². The summed E-state index contributed by atoms with van der Waals surface area (Å²) < 4.78 is 0. The van der Waals surface area contributed by atoms with Gasteiger partial charge in [-0.1, -0.05) is 0 Å². The summed E-state index contributed by atoms with van der Waals surface area (Å²) in [6, 6.07) is -0.416. The van der Waals surface area contributed by atoms with Crippen LogP contribution in [-0.2, 0) is 16.1 Å². The molecule has 7 nitrogen and oxygen atoms in total. The van der Waals surface area contributed by atoms with Crippen molar-refractivity contribution in [2.45, 2.75) is 25.4 Å². The lowest BCUT2D eigenvalue weighted by Gasteiger charge is -2.10. The van der Waals surface area contributed by atoms with Crippen molar-refractivity contribution in [2.24, 2.45) is 0 Å². The average molecular weight is 223 g/mol. The predicted molar refractivity (Wildman–Crippen MR) is 56.0 cm³/mol. The van der Waals surface area contributed by atoms with E-state index in [1.807, 2.05) is 0 Å². The van der Waals surface area contributed by atoms with Crippen LogP contribution in [0.3, 0.4) is 0 Å². The molecule has 2 heterocycles. The largest absolute Gasteiger partial charge is 0.384 e. The van der Waals surface area contributed by atoms with Gasteiger partial charge in [-0.25, -0.2) is 0 Å². The Morgan fingerprint density at radius 1 is 1.69 bits per heavy atom. The molecule has 2 amide bonds. The first-order valence-electron chi connectivity index (χ1n) is 5.01. The van der Waals surface area contributed by atoms with Crippen LogP contribution in [0.2, 0.25) is 0 Å². The number of hydrogen-bond donors (Lipinski definition) is 4. The van der Waals surface area contributed by atoms with E-state index in [0.717, 1.165) is 5.56 Å². The van der Waals surface area contributed by atoms with E-state index >= 15 is 0 Å². The zero-order chi connectivity index (χ0) is 11.5. The van der Waals surface area contributed by atoms with Crippen molar-refractivity contribution < 1.29 is 9.59 Å². The highest BCUT2D eigenvalue weighted by molar-refractivity contribution is 5.90. The molecule has 0 spiro atoms. The fourth-order valence-corrected chi connectivity index (χ4v) is 1.58. The maximum absolute atomic E-state index is 11.6. The first-order chi connectivity index (χ1) is 7.66. The zero-order valence-electron chi connectivity index (χ0n) is 8.62. The molecule has 0 aliphatic carbocycles. The van der Waals surface area contributed by atoms with Crippen LogP contribution < -0.4 is 16.4 Å². The third kappa shape index (κ3) is 2.13. The molecule has 1 aromatic rings. The van der Waals surface area contributed by atoms with Crippen LogP contribution in [0.15, 0.2) is 6.20 Å². The molecule has 1 atom stereocenters. The van der Waals surface area contributed by atoms with E-state index in [1.54, 1.807) is 6.20 Å². The van der Waals surface area contributed by atoms with Gasteiger partial charge in [0, 0.05) is 18.5 Å². The van der Waals surface area contributed by atoms with Crippen molar-refractivity contribution in [1.29, 1.82) is 0 Å². The SMILES string of the molecule is Nc1[nH]ncc1CNC(=O)C1CCC(=O)N1. The normalized spacial score (nSPS) is 19.5. The summed E-state index contributed by atoms with van der Waals surface area (Å²) in [7, 11) is 0. The van der Waals surface area contributed by atoms with Gasteiger partial charge in [-0.2, -0.15) is 5.10 Å². The number of amides is 2. The first kappa shape index (κ1) is 10.5. The molecular weight excluding hydrogens is 210 g/mol. The summed E-state index contributed by atoms with van der Waals surface area (Å²) in [6.45, 7) is 0.313. The van der Waals surface area contributed by atoms with Gasteiger partial charge in [0.1, 0.15) is 11.9 Å². The highest BCUT2D eigenvalue weighted by Gasteiger charge is 2.26. The highest BCUT2D eigenvalue weighted by atomic mass is 16.2. The molecule has 0 radical (unpaired) electrons. The maximum Gasteiger partial charge on any atom is 0.242 e. The van der Waals surface area contributed by atoms with E-state index in [9.17, 15) is 9.59 Å². The minimum atomic E-state index is -0.416. The molecule has 5 N–H and O–H groups in total. The second-order valence-corrected chi connectivity index (χ2v) is 3.69. The monoisotopic (exact) mass is 223 g/mol. The molecule has 1 unspecified atom stereocenters. The summed E-state index contributed by atoms with van der Waals surface area (Å²) in [6.07, 6.45) is 2.51. The summed E-state index contributed by atoms with van der Waals surface area (Å²) in [5, 5.41) is 11.6. The van der Waals surface area contributed by atoms with E-state index in [4.69, 9.17) is 5.73 Å². The summed E-state index contributed by atoms with van der Waals surface area (Å²) in [5.41, 5.74) is 6.30. The van der Waals surface area contributed by atoms with Gasteiger partial charge in [-0.05, 0) is 6.42 Å². The number of nitrogens with one attached hydrogen (secondary N) is 3. The van der Waals surface area contributed by atoms with E-state index in [0.29, 0.717) is 25.2 Å². The van der Waals surface area contributed by atoms with Crippen molar-refractivity contribution in [3.63, 3.8) is 0 Å². The lowest BCUT2D eigenvalue weighted by Crippen LogP contribution is -2.41. The Hall–Kier alpha value is -2.05. The molecule has 0 saturated carbocycles. The van der Waals surface area contributed by atoms with Crippen LogP contribution in [0.5, 0.6) is 0 Å². The van der Waals surface area contributed by atoms with Crippen LogP contribution in [0, 0.1) is 0 Å². The van der Waals surface area contributed by atoms with E-state index < -0.39 is 6.04 Å². The Morgan fingerprint density at radius 2 is 2.50 bits per heavy atom. The molecule has 1 saturated heterocycles. The lowest BCUT2D eigenvalue weighted by atomic mass is 10.2. The Kier molecular flexibility index (Phi) is 2.76. The fourth-order valence-electron chi connectivity index (χ4n) is 1.58. The van der Waals surface area contributed by atoms with E-state index in [1.165, 1.54) is 0 Å². The maximum atomic E-state index is 11.6. The molecule has 7 heteroatoms. The van der Waals surface area contributed by atoms with Gasteiger partial charge >= 0.3 is 0 Å². The highest BCUT2D eigenvalue weighted by Crippen LogP contribution is 2.08. The number of hydrogen-bond acceptors (Lipinski definition) is 4. The number of H-pyrrole nitrogens is 1. The Bertz CT molecular complexity index is 414. The Labute approximate surface area is 91.8 Å². The molecule has 1 fully saturated rings. The first-order valence-corrected chi connectivity index (χ1v) is 5.01. The van der Waals surface area contributed by atoms with Crippen LogP contribution in [0.1, 0.15) is 18.4 Å². The number of carbonyl (C=O) groups excluding carboxylic acids is 2. The molecule has 16 heavy (non-hydrogen) atoms. The quantitative estimate of drug-likeness (QED) is 0.520. The van der Waals surface area contributed by atoms with Crippen LogP contribution in [0.25, 0.3) is 0 Å². The van der Waals surface area contributed by atoms with Gasteiger partial charge < -0.3 is 16.4 Å². The Balaban J connectivity index is 1.84. The third-order valence-electron chi connectivity index (χ3n) is 2.52. The zero-order valence-corrected chi connectivity index (χ0v) is 8.62. The van der Waals surface area contributed by atoms with Crippen molar-refractivity contribution in [2.75, 3.05) is 5.73 Å². The van der Waals surface area contributed by atoms with Gasteiger partial charge in [0.05, 0.1) is 6.20 Å². The second kappa shape index (κ2) is 4.21. The summed E-state index contributed by atoms with van der Waals surface area (Å²) >= 11 is 0. The summed E-state index contributed by atoms with van der Waals surface area (Å²) in [4.78, 5) is 22.5. The molecular formula is C9H13N5O2. The van der Waals surface area contributed by atoms with Gasteiger partial charge in [0.2, 0.25) is 11.8 Å². The van der Waals surface area contributed by atoms with Crippen molar-refractivity contribution >= 4 is 17.6 Å². The van der Waals surface area contributed by atoms with Crippen LogP contribution in [-0.4, -0.2) is 28.1 Å². The number of nitrogens with two attached hydrogens (primary N) is 1. The van der Waals surface area contributed by atoms with Gasteiger partial charge in [0.25, 0.3) is 0 Å². The second-order valence-electron chi connectivity index (χ2n) is 3.69. The van der Waals surface area contributed by atoms with E-state index in [-0.39, 0.29) is 11.8 Å². The van der Waals surface area contributed by atoms with Crippen LogP contribution >= 0.6 is 0 Å². The molecule has 1 aliphatic rings. The molecule has 86 valence electrons. The molecule has 0 aromatic carbocycles. The minimum Gasteiger partial charge on any atom is -0.384 e. The minimum absolute atomic E-state index is 0.0806. The molecule has 1 aliphatic heterocycles. The number of aromatic nitrogens is 2. The third-order valence-corrected chi connectivity index (χ3v) is 2.52. The van der Waals surface area contributed by atoms with Crippen molar-refractivity contribution in [1.82, 2.24) is 20.8 Å². The van der Waals surface area contributed by atoms with Crippen molar-refractivity contribution in [3.05, 3.63) is 11.8 Å². The van der Waals surface area contributed by atoms with Gasteiger partial charge in [-0.15, -0.1) is 0 Å².